The molecule has 4 atom stereocenters. The lowest BCUT2D eigenvalue weighted by Gasteiger charge is -2.35. The lowest BCUT2D eigenvalue weighted by molar-refractivity contribution is 0.0736. The highest BCUT2D eigenvalue weighted by Crippen LogP contribution is 2.64. The van der Waals surface area contributed by atoms with Crippen molar-refractivity contribution in [2.45, 2.75) is 56.3 Å². The molecule has 0 saturated carbocycles. The Bertz CT molecular complexity index is 695. The summed E-state index contributed by atoms with van der Waals surface area (Å²) >= 11 is 0. The maximum absolute atomic E-state index is 12.9. The van der Waals surface area contributed by atoms with Crippen LogP contribution in [0.5, 0.6) is 0 Å². The zero-order valence-corrected chi connectivity index (χ0v) is 13.5. The largest absolute Gasteiger partial charge is 0.372 e. The Balaban J connectivity index is 1.72. The zero-order chi connectivity index (χ0) is 15.0. The van der Waals surface area contributed by atoms with Crippen molar-refractivity contribution in [2.24, 2.45) is 5.41 Å². The number of benzene rings is 1. The Morgan fingerprint density at radius 2 is 1.76 bits per heavy atom. The number of nitrogens with zero attached hydrogens (tertiary/aromatic N) is 1. The third-order valence-electron chi connectivity index (χ3n) is 5.81. The molecule has 4 nitrogen and oxygen atoms in total. The Labute approximate surface area is 126 Å². The van der Waals surface area contributed by atoms with Crippen molar-refractivity contribution in [3.8, 4) is 0 Å². The number of hydrogen-bond acceptors (Lipinski definition) is 3. The molecule has 4 unspecified atom stereocenters. The molecule has 0 aliphatic carbocycles. The van der Waals surface area contributed by atoms with Crippen molar-refractivity contribution in [1.82, 2.24) is 4.31 Å². The molecule has 21 heavy (non-hydrogen) atoms. The van der Waals surface area contributed by atoms with E-state index in [1.54, 1.807) is 16.4 Å². The first-order valence-electron chi connectivity index (χ1n) is 7.55. The topological polar surface area (TPSA) is 46.4 Å². The van der Waals surface area contributed by atoms with Gasteiger partial charge in [0.15, 0.2) is 0 Å². The number of hydrogen-bond donors (Lipinski definition) is 0. The summed E-state index contributed by atoms with van der Waals surface area (Å²) in [5.74, 6) is 0. The van der Waals surface area contributed by atoms with Gasteiger partial charge in [-0.1, -0.05) is 31.5 Å². The molecule has 1 aromatic carbocycles. The first-order chi connectivity index (χ1) is 9.80. The molecule has 2 bridgehead atoms. The molecule has 3 aliphatic heterocycles. The van der Waals surface area contributed by atoms with Crippen LogP contribution in [-0.2, 0) is 14.8 Å². The molecule has 5 heteroatoms. The molecule has 0 amide bonds. The molecule has 3 fully saturated rings. The molecule has 0 radical (unpaired) electrons. The monoisotopic (exact) mass is 307 g/mol. The van der Waals surface area contributed by atoms with E-state index in [4.69, 9.17) is 4.74 Å². The van der Waals surface area contributed by atoms with E-state index < -0.39 is 10.0 Å². The minimum atomic E-state index is -3.41. The van der Waals surface area contributed by atoms with Crippen LogP contribution in [0.3, 0.4) is 0 Å². The van der Waals surface area contributed by atoms with Gasteiger partial charge in [-0.25, -0.2) is 8.42 Å². The summed E-state index contributed by atoms with van der Waals surface area (Å²) < 4.78 is 33.5. The molecule has 0 aromatic heterocycles. The highest BCUT2D eigenvalue weighted by Gasteiger charge is 2.78. The van der Waals surface area contributed by atoms with Crippen LogP contribution in [0, 0.1) is 12.3 Å². The van der Waals surface area contributed by atoms with Gasteiger partial charge in [0.1, 0.15) is 0 Å². The molecule has 3 heterocycles. The summed E-state index contributed by atoms with van der Waals surface area (Å²) in [6.07, 6.45) is 2.30. The second-order valence-electron chi connectivity index (χ2n) is 7.16. The maximum atomic E-state index is 12.9. The minimum absolute atomic E-state index is 0.0673. The number of rotatable bonds is 2. The average molecular weight is 307 g/mol. The van der Waals surface area contributed by atoms with Crippen molar-refractivity contribution >= 4 is 10.0 Å². The smallest absolute Gasteiger partial charge is 0.243 e. The Hall–Kier alpha value is -0.910. The van der Waals surface area contributed by atoms with Crippen LogP contribution >= 0.6 is 0 Å². The third-order valence-corrected chi connectivity index (χ3v) is 7.71. The van der Waals surface area contributed by atoms with Crippen molar-refractivity contribution in [3.63, 3.8) is 0 Å². The second-order valence-corrected chi connectivity index (χ2v) is 9.02. The van der Waals surface area contributed by atoms with Crippen LogP contribution in [0.1, 0.15) is 32.3 Å². The highest BCUT2D eigenvalue weighted by molar-refractivity contribution is 7.89. The van der Waals surface area contributed by atoms with E-state index in [-0.39, 0.29) is 23.2 Å². The SMILES string of the molecule is Cc1ccc(S(=O)(=O)N2CC23C2CCC(O2)C3(C)C)cc1. The molecule has 4 rings (SSSR count). The van der Waals surface area contributed by atoms with Gasteiger partial charge < -0.3 is 4.74 Å². The van der Waals surface area contributed by atoms with Crippen LogP contribution in [-0.4, -0.2) is 37.0 Å². The molecule has 1 spiro atoms. The number of fused-ring (bicyclic) bond motifs is 3. The van der Waals surface area contributed by atoms with Gasteiger partial charge in [-0.2, -0.15) is 4.31 Å². The van der Waals surface area contributed by atoms with Gasteiger partial charge in [0.2, 0.25) is 10.0 Å². The standard InChI is InChI=1S/C16H21NO3S/c1-11-4-6-12(7-5-11)21(18,19)17-10-16(17)14-9-8-13(20-14)15(16,2)3/h4-7,13-14H,8-10H2,1-3H3. The van der Waals surface area contributed by atoms with Gasteiger partial charge in [-0.05, 0) is 31.9 Å². The summed E-state index contributed by atoms with van der Waals surface area (Å²) in [4.78, 5) is 0.392. The van der Waals surface area contributed by atoms with E-state index in [0.29, 0.717) is 11.4 Å². The zero-order valence-electron chi connectivity index (χ0n) is 12.7. The second kappa shape index (κ2) is 3.89. The molecule has 3 aliphatic rings. The van der Waals surface area contributed by atoms with E-state index in [1.807, 2.05) is 19.1 Å². The van der Waals surface area contributed by atoms with Crippen LogP contribution in [0.4, 0.5) is 0 Å². The normalized spacial score (nSPS) is 39.9. The van der Waals surface area contributed by atoms with Gasteiger partial charge in [0.05, 0.1) is 22.6 Å². The van der Waals surface area contributed by atoms with Gasteiger partial charge >= 0.3 is 0 Å². The Morgan fingerprint density at radius 1 is 1.14 bits per heavy atom. The lowest BCUT2D eigenvalue weighted by atomic mass is 9.68. The Morgan fingerprint density at radius 3 is 2.33 bits per heavy atom. The summed E-state index contributed by atoms with van der Waals surface area (Å²) in [5, 5.41) is 0. The van der Waals surface area contributed by atoms with Crippen molar-refractivity contribution < 1.29 is 13.2 Å². The fourth-order valence-corrected chi connectivity index (χ4v) is 6.20. The predicted octanol–water partition coefficient (Wildman–Crippen LogP) is 2.33. The van der Waals surface area contributed by atoms with Gasteiger partial charge in [0, 0.05) is 12.0 Å². The van der Waals surface area contributed by atoms with Crippen molar-refractivity contribution in [2.75, 3.05) is 6.54 Å². The van der Waals surface area contributed by atoms with Gasteiger partial charge in [-0.3, -0.25) is 0 Å². The number of ether oxygens (including phenoxy) is 1. The summed E-state index contributed by atoms with van der Waals surface area (Å²) in [6.45, 7) is 6.86. The quantitative estimate of drug-likeness (QED) is 0.788. The molecule has 3 saturated heterocycles. The number of sulfonamides is 1. The summed E-state index contributed by atoms with van der Waals surface area (Å²) in [7, 11) is -3.41. The Kier molecular flexibility index (Phi) is 2.54. The molecule has 1 aromatic rings. The van der Waals surface area contributed by atoms with E-state index in [1.165, 1.54) is 0 Å². The first kappa shape index (κ1) is 13.7. The predicted molar refractivity (Wildman–Crippen MR) is 79.5 cm³/mol. The molecule has 0 N–H and O–H groups in total. The molecular weight excluding hydrogens is 286 g/mol. The molecular formula is C16H21NO3S. The van der Waals surface area contributed by atoms with Gasteiger partial charge in [0.25, 0.3) is 0 Å². The lowest BCUT2D eigenvalue weighted by Crippen LogP contribution is -2.47. The van der Waals surface area contributed by atoms with Gasteiger partial charge in [-0.15, -0.1) is 0 Å². The van der Waals surface area contributed by atoms with Crippen molar-refractivity contribution in [1.29, 1.82) is 0 Å². The number of aryl methyl sites for hydroxylation is 1. The van der Waals surface area contributed by atoms with Crippen LogP contribution in [0.25, 0.3) is 0 Å². The fourth-order valence-electron chi connectivity index (χ4n) is 4.32. The van der Waals surface area contributed by atoms with E-state index in [0.717, 1.165) is 18.4 Å². The molecule has 114 valence electrons. The summed E-state index contributed by atoms with van der Waals surface area (Å²) in [5.41, 5.74) is 0.644. The van der Waals surface area contributed by atoms with E-state index in [2.05, 4.69) is 13.8 Å². The van der Waals surface area contributed by atoms with E-state index >= 15 is 0 Å². The van der Waals surface area contributed by atoms with Crippen molar-refractivity contribution in [3.05, 3.63) is 29.8 Å². The van der Waals surface area contributed by atoms with E-state index in [9.17, 15) is 8.42 Å². The highest BCUT2D eigenvalue weighted by atomic mass is 32.2. The average Bonchev–Trinajstić information content (AvgIpc) is 2.95. The maximum Gasteiger partial charge on any atom is 0.243 e. The fraction of sp³-hybridized carbons (Fsp3) is 0.625. The van der Waals surface area contributed by atoms with Crippen LogP contribution in [0.2, 0.25) is 0 Å². The first-order valence-corrected chi connectivity index (χ1v) is 8.99. The van der Waals surface area contributed by atoms with Crippen LogP contribution in [0.15, 0.2) is 29.2 Å². The summed E-state index contributed by atoms with van der Waals surface area (Å²) in [6, 6.07) is 7.12. The minimum Gasteiger partial charge on any atom is -0.372 e. The van der Waals surface area contributed by atoms with Crippen LogP contribution < -0.4 is 0 Å². The third kappa shape index (κ3) is 1.54.